The molecule has 0 spiro atoms. The van der Waals surface area contributed by atoms with Gasteiger partial charge in [-0.2, -0.15) is 0 Å². The molecule has 1 heterocycles. The van der Waals surface area contributed by atoms with E-state index in [0.29, 0.717) is 0 Å². The SMILES string of the molecule is CCCn1c(CBr)nnc1C1C2CCCC21. The molecule has 2 saturated carbocycles. The molecular weight excluding hydrogens is 266 g/mol. The lowest BCUT2D eigenvalue weighted by Crippen LogP contribution is -2.07. The van der Waals surface area contributed by atoms with Gasteiger partial charge < -0.3 is 4.57 Å². The second kappa shape index (κ2) is 4.13. The smallest absolute Gasteiger partial charge is 0.143 e. The van der Waals surface area contributed by atoms with Gasteiger partial charge in [-0.05, 0) is 31.1 Å². The Balaban J connectivity index is 1.86. The van der Waals surface area contributed by atoms with Gasteiger partial charge in [0.25, 0.3) is 0 Å². The monoisotopic (exact) mass is 283 g/mol. The lowest BCUT2D eigenvalue weighted by molar-refractivity contribution is 0.581. The molecule has 0 saturated heterocycles. The third kappa shape index (κ3) is 1.53. The summed E-state index contributed by atoms with van der Waals surface area (Å²) in [4.78, 5) is 0. The van der Waals surface area contributed by atoms with E-state index in [1.807, 2.05) is 0 Å². The van der Waals surface area contributed by atoms with Crippen molar-refractivity contribution < 1.29 is 0 Å². The van der Waals surface area contributed by atoms with Crippen LogP contribution in [0.15, 0.2) is 0 Å². The van der Waals surface area contributed by atoms with Crippen molar-refractivity contribution >= 4 is 15.9 Å². The van der Waals surface area contributed by atoms with Crippen LogP contribution in [0.25, 0.3) is 0 Å². The Morgan fingerprint density at radius 3 is 2.69 bits per heavy atom. The number of hydrogen-bond donors (Lipinski definition) is 0. The first-order valence-electron chi connectivity index (χ1n) is 6.34. The van der Waals surface area contributed by atoms with Crippen LogP contribution < -0.4 is 0 Å². The van der Waals surface area contributed by atoms with Crippen molar-refractivity contribution in [2.24, 2.45) is 11.8 Å². The fourth-order valence-electron chi connectivity index (χ4n) is 3.37. The van der Waals surface area contributed by atoms with E-state index in [-0.39, 0.29) is 0 Å². The molecule has 2 unspecified atom stereocenters. The molecule has 4 heteroatoms. The summed E-state index contributed by atoms with van der Waals surface area (Å²) in [6.45, 7) is 3.29. The van der Waals surface area contributed by atoms with Crippen molar-refractivity contribution in [1.29, 1.82) is 0 Å². The van der Waals surface area contributed by atoms with Gasteiger partial charge >= 0.3 is 0 Å². The highest BCUT2D eigenvalue weighted by molar-refractivity contribution is 9.08. The Bertz CT molecular complexity index is 378. The van der Waals surface area contributed by atoms with Crippen molar-refractivity contribution in [3.8, 4) is 0 Å². The van der Waals surface area contributed by atoms with Crippen molar-refractivity contribution in [2.75, 3.05) is 0 Å². The molecule has 0 aromatic carbocycles. The fourth-order valence-corrected chi connectivity index (χ4v) is 3.78. The average Bonchev–Trinajstić information content (AvgIpc) is 2.72. The Kier molecular flexibility index (Phi) is 2.78. The van der Waals surface area contributed by atoms with E-state index in [2.05, 4.69) is 37.6 Å². The normalized spacial score (nSPS) is 31.8. The number of rotatable bonds is 4. The minimum absolute atomic E-state index is 0.737. The van der Waals surface area contributed by atoms with Gasteiger partial charge in [0.15, 0.2) is 0 Å². The number of hydrogen-bond acceptors (Lipinski definition) is 2. The number of alkyl halides is 1. The van der Waals surface area contributed by atoms with Gasteiger partial charge in [-0.1, -0.05) is 29.3 Å². The lowest BCUT2D eigenvalue weighted by Gasteiger charge is -2.08. The molecule has 0 amide bonds. The molecule has 16 heavy (non-hydrogen) atoms. The predicted molar refractivity (Wildman–Crippen MR) is 66.5 cm³/mol. The zero-order valence-electron chi connectivity index (χ0n) is 9.69. The van der Waals surface area contributed by atoms with Gasteiger partial charge in [-0.25, -0.2) is 0 Å². The van der Waals surface area contributed by atoms with Crippen LogP contribution in [0, 0.1) is 11.8 Å². The quantitative estimate of drug-likeness (QED) is 0.795. The fraction of sp³-hybridized carbons (Fsp3) is 0.833. The number of nitrogens with zero attached hydrogens (tertiary/aromatic N) is 3. The van der Waals surface area contributed by atoms with Crippen LogP contribution in [-0.4, -0.2) is 14.8 Å². The highest BCUT2D eigenvalue weighted by atomic mass is 79.9. The number of fused-ring (bicyclic) bond motifs is 1. The Morgan fingerprint density at radius 2 is 2.06 bits per heavy atom. The molecule has 0 bridgehead atoms. The van der Waals surface area contributed by atoms with Crippen LogP contribution in [0.5, 0.6) is 0 Å². The van der Waals surface area contributed by atoms with E-state index in [9.17, 15) is 0 Å². The van der Waals surface area contributed by atoms with E-state index in [1.54, 1.807) is 0 Å². The molecule has 2 fully saturated rings. The van der Waals surface area contributed by atoms with Gasteiger partial charge in [0, 0.05) is 12.5 Å². The van der Waals surface area contributed by atoms with Crippen LogP contribution in [0.2, 0.25) is 0 Å². The second-order valence-corrected chi connectivity index (χ2v) is 5.60. The summed E-state index contributed by atoms with van der Waals surface area (Å²) in [5, 5.41) is 9.56. The van der Waals surface area contributed by atoms with Crippen LogP contribution in [0.1, 0.15) is 50.2 Å². The largest absolute Gasteiger partial charge is 0.314 e. The molecule has 0 N–H and O–H groups in total. The maximum absolute atomic E-state index is 4.43. The second-order valence-electron chi connectivity index (χ2n) is 5.04. The van der Waals surface area contributed by atoms with Crippen LogP contribution >= 0.6 is 15.9 Å². The summed E-state index contributed by atoms with van der Waals surface area (Å²) < 4.78 is 2.34. The van der Waals surface area contributed by atoms with Crippen molar-refractivity contribution in [2.45, 2.75) is 50.4 Å². The molecule has 3 rings (SSSR count). The van der Waals surface area contributed by atoms with Gasteiger partial charge in [-0.15, -0.1) is 10.2 Å². The van der Waals surface area contributed by atoms with E-state index in [0.717, 1.165) is 41.9 Å². The van der Waals surface area contributed by atoms with E-state index >= 15 is 0 Å². The molecule has 2 aliphatic rings. The molecule has 2 aliphatic carbocycles. The summed E-state index contributed by atoms with van der Waals surface area (Å²) in [6, 6.07) is 0. The summed E-state index contributed by atoms with van der Waals surface area (Å²) >= 11 is 3.50. The molecular formula is C12H18BrN3. The average molecular weight is 284 g/mol. The molecule has 1 aromatic heterocycles. The summed E-state index contributed by atoms with van der Waals surface area (Å²) in [6.07, 6.45) is 5.42. The Hall–Kier alpha value is -0.380. The topological polar surface area (TPSA) is 30.7 Å². The standard InChI is InChI=1S/C12H18BrN3/c1-2-6-16-10(7-13)14-15-12(16)11-8-4-3-5-9(8)11/h8-9,11H,2-7H2,1H3. The summed E-state index contributed by atoms with van der Waals surface area (Å²) in [5.41, 5.74) is 0. The highest BCUT2D eigenvalue weighted by Crippen LogP contribution is 2.62. The zero-order chi connectivity index (χ0) is 11.1. The molecule has 0 aliphatic heterocycles. The third-order valence-corrected chi connectivity index (χ3v) is 4.63. The molecule has 88 valence electrons. The zero-order valence-corrected chi connectivity index (χ0v) is 11.3. The first-order chi connectivity index (χ1) is 7.86. The summed E-state index contributed by atoms with van der Waals surface area (Å²) in [7, 11) is 0. The van der Waals surface area contributed by atoms with Crippen LogP contribution in [-0.2, 0) is 11.9 Å². The van der Waals surface area contributed by atoms with Gasteiger partial charge in [-0.3, -0.25) is 0 Å². The van der Waals surface area contributed by atoms with E-state index in [1.165, 1.54) is 25.1 Å². The maximum Gasteiger partial charge on any atom is 0.143 e. The van der Waals surface area contributed by atoms with Crippen molar-refractivity contribution in [3.63, 3.8) is 0 Å². The van der Waals surface area contributed by atoms with Crippen LogP contribution in [0.4, 0.5) is 0 Å². The third-order valence-electron chi connectivity index (χ3n) is 4.13. The summed E-state index contributed by atoms with van der Waals surface area (Å²) in [5.74, 6) is 4.97. The van der Waals surface area contributed by atoms with Crippen molar-refractivity contribution in [3.05, 3.63) is 11.6 Å². The van der Waals surface area contributed by atoms with Gasteiger partial charge in [0.05, 0.1) is 5.33 Å². The van der Waals surface area contributed by atoms with E-state index < -0.39 is 0 Å². The first kappa shape index (κ1) is 10.8. The highest BCUT2D eigenvalue weighted by Gasteiger charge is 2.55. The minimum atomic E-state index is 0.737. The number of halogens is 1. The Morgan fingerprint density at radius 1 is 1.31 bits per heavy atom. The minimum Gasteiger partial charge on any atom is -0.314 e. The Labute approximate surface area is 105 Å². The predicted octanol–water partition coefficient (Wildman–Crippen LogP) is 3.10. The lowest BCUT2D eigenvalue weighted by atomic mass is 10.1. The molecule has 2 atom stereocenters. The molecule has 0 radical (unpaired) electrons. The van der Waals surface area contributed by atoms with E-state index in [4.69, 9.17) is 0 Å². The van der Waals surface area contributed by atoms with Gasteiger partial charge in [0.2, 0.25) is 0 Å². The first-order valence-corrected chi connectivity index (χ1v) is 7.47. The molecule has 3 nitrogen and oxygen atoms in total. The van der Waals surface area contributed by atoms with Crippen LogP contribution in [0.3, 0.4) is 0 Å². The number of aromatic nitrogens is 3. The van der Waals surface area contributed by atoms with Crippen molar-refractivity contribution in [1.82, 2.24) is 14.8 Å². The van der Waals surface area contributed by atoms with Gasteiger partial charge in [0.1, 0.15) is 11.6 Å². The maximum atomic E-state index is 4.43. The molecule has 1 aromatic rings.